The zero-order valence-electron chi connectivity index (χ0n) is 11.2. The Morgan fingerprint density at radius 3 is 3.05 bits per heavy atom. The summed E-state index contributed by atoms with van der Waals surface area (Å²) < 4.78 is 5.37. The SMILES string of the molecule is N#Cc1ccccc1OCC(=O)Nc1nc(C2CC2)cs1. The van der Waals surface area contributed by atoms with Crippen molar-refractivity contribution in [3.05, 3.63) is 40.9 Å². The van der Waals surface area contributed by atoms with E-state index < -0.39 is 0 Å². The molecule has 3 rings (SSSR count). The number of carbonyl (C=O) groups excluding carboxylic acids is 1. The standard InChI is InChI=1S/C15H13N3O2S/c16-7-11-3-1-2-4-13(11)20-8-14(19)18-15-17-12(9-21-15)10-5-6-10/h1-4,9-10H,5-6,8H2,(H,17,18,19). The number of nitriles is 1. The third-order valence-electron chi connectivity index (χ3n) is 3.13. The first-order chi connectivity index (χ1) is 10.3. The fourth-order valence-electron chi connectivity index (χ4n) is 1.89. The van der Waals surface area contributed by atoms with Crippen molar-refractivity contribution in [1.29, 1.82) is 5.26 Å². The monoisotopic (exact) mass is 299 g/mol. The number of aromatic nitrogens is 1. The lowest BCUT2D eigenvalue weighted by atomic mass is 10.2. The van der Waals surface area contributed by atoms with E-state index in [0.29, 0.717) is 22.4 Å². The molecule has 0 aliphatic heterocycles. The van der Waals surface area contributed by atoms with Crippen LogP contribution in [0.4, 0.5) is 5.13 Å². The number of benzene rings is 1. The van der Waals surface area contributed by atoms with E-state index >= 15 is 0 Å². The second kappa shape index (κ2) is 5.94. The van der Waals surface area contributed by atoms with Gasteiger partial charge >= 0.3 is 0 Å². The molecule has 21 heavy (non-hydrogen) atoms. The Morgan fingerprint density at radius 2 is 2.29 bits per heavy atom. The van der Waals surface area contributed by atoms with Crippen LogP contribution < -0.4 is 10.1 Å². The summed E-state index contributed by atoms with van der Waals surface area (Å²) >= 11 is 1.42. The van der Waals surface area contributed by atoms with E-state index in [9.17, 15) is 4.79 Å². The first-order valence-electron chi connectivity index (χ1n) is 6.63. The Balaban J connectivity index is 1.55. The van der Waals surface area contributed by atoms with Gasteiger partial charge in [-0.25, -0.2) is 4.98 Å². The summed E-state index contributed by atoms with van der Waals surface area (Å²) in [6.45, 7) is -0.142. The summed E-state index contributed by atoms with van der Waals surface area (Å²) in [7, 11) is 0. The molecule has 0 bridgehead atoms. The minimum absolute atomic E-state index is 0.142. The highest BCUT2D eigenvalue weighted by molar-refractivity contribution is 7.13. The molecule has 0 atom stereocenters. The average molecular weight is 299 g/mol. The van der Waals surface area contributed by atoms with Crippen molar-refractivity contribution in [1.82, 2.24) is 4.98 Å². The van der Waals surface area contributed by atoms with Gasteiger partial charge in [-0.15, -0.1) is 11.3 Å². The summed E-state index contributed by atoms with van der Waals surface area (Å²) in [4.78, 5) is 16.2. The number of ether oxygens (including phenoxy) is 1. The number of para-hydroxylation sites is 1. The molecule has 1 aliphatic rings. The number of anilines is 1. The molecule has 1 fully saturated rings. The summed E-state index contributed by atoms with van der Waals surface area (Å²) in [5.41, 5.74) is 1.47. The highest BCUT2D eigenvalue weighted by Crippen LogP contribution is 2.40. The van der Waals surface area contributed by atoms with E-state index in [2.05, 4.69) is 10.3 Å². The number of hydrogen-bond acceptors (Lipinski definition) is 5. The number of carbonyl (C=O) groups is 1. The molecule has 1 N–H and O–H groups in total. The van der Waals surface area contributed by atoms with Gasteiger partial charge in [0.25, 0.3) is 5.91 Å². The normalized spacial score (nSPS) is 13.5. The highest BCUT2D eigenvalue weighted by atomic mass is 32.1. The maximum absolute atomic E-state index is 11.8. The van der Waals surface area contributed by atoms with Crippen LogP contribution in [-0.4, -0.2) is 17.5 Å². The fraction of sp³-hybridized carbons (Fsp3) is 0.267. The van der Waals surface area contributed by atoms with Crippen LogP contribution in [0.15, 0.2) is 29.6 Å². The van der Waals surface area contributed by atoms with Gasteiger partial charge in [-0.1, -0.05) is 12.1 Å². The van der Waals surface area contributed by atoms with Gasteiger partial charge in [-0.05, 0) is 25.0 Å². The van der Waals surface area contributed by atoms with Gasteiger partial charge in [-0.3, -0.25) is 10.1 Å². The van der Waals surface area contributed by atoms with Crippen molar-refractivity contribution in [2.75, 3.05) is 11.9 Å². The molecule has 0 spiro atoms. The average Bonchev–Trinajstić information content (AvgIpc) is 3.26. The Morgan fingerprint density at radius 1 is 1.48 bits per heavy atom. The lowest BCUT2D eigenvalue weighted by Gasteiger charge is -2.06. The predicted octanol–water partition coefficient (Wildman–Crippen LogP) is 2.91. The lowest BCUT2D eigenvalue weighted by molar-refractivity contribution is -0.118. The van der Waals surface area contributed by atoms with Crippen molar-refractivity contribution in [3.8, 4) is 11.8 Å². The van der Waals surface area contributed by atoms with Crippen molar-refractivity contribution in [2.24, 2.45) is 0 Å². The predicted molar refractivity (Wildman–Crippen MR) is 79.4 cm³/mol. The Labute approximate surface area is 126 Å². The van der Waals surface area contributed by atoms with Gasteiger partial charge in [0.05, 0.1) is 11.3 Å². The highest BCUT2D eigenvalue weighted by Gasteiger charge is 2.26. The van der Waals surface area contributed by atoms with Gasteiger partial charge in [0, 0.05) is 11.3 Å². The number of nitrogens with zero attached hydrogens (tertiary/aromatic N) is 2. The first-order valence-corrected chi connectivity index (χ1v) is 7.51. The van der Waals surface area contributed by atoms with Gasteiger partial charge in [0.15, 0.2) is 11.7 Å². The first kappa shape index (κ1) is 13.6. The Kier molecular flexibility index (Phi) is 3.84. The van der Waals surface area contributed by atoms with Crippen LogP contribution in [0.5, 0.6) is 5.75 Å². The van der Waals surface area contributed by atoms with Gasteiger partial charge in [-0.2, -0.15) is 5.26 Å². The maximum atomic E-state index is 11.8. The zero-order valence-corrected chi connectivity index (χ0v) is 12.0. The largest absolute Gasteiger partial charge is 0.482 e. The van der Waals surface area contributed by atoms with E-state index in [4.69, 9.17) is 10.00 Å². The molecule has 1 aromatic heterocycles. The van der Waals surface area contributed by atoms with Gasteiger partial charge < -0.3 is 4.74 Å². The molecular formula is C15H13N3O2S. The minimum Gasteiger partial charge on any atom is -0.482 e. The van der Waals surface area contributed by atoms with E-state index in [-0.39, 0.29) is 12.5 Å². The summed E-state index contributed by atoms with van der Waals surface area (Å²) in [5, 5.41) is 14.2. The molecule has 5 nitrogen and oxygen atoms in total. The Bertz CT molecular complexity index is 701. The van der Waals surface area contributed by atoms with Crippen LogP contribution in [0.3, 0.4) is 0 Å². The molecule has 1 aromatic carbocycles. The van der Waals surface area contributed by atoms with Crippen LogP contribution in [0, 0.1) is 11.3 Å². The molecular weight excluding hydrogens is 286 g/mol. The van der Waals surface area contributed by atoms with E-state index in [1.54, 1.807) is 24.3 Å². The molecule has 1 saturated carbocycles. The maximum Gasteiger partial charge on any atom is 0.264 e. The summed E-state index contributed by atoms with van der Waals surface area (Å²) in [6.07, 6.45) is 2.37. The van der Waals surface area contributed by atoms with E-state index in [1.807, 2.05) is 11.4 Å². The van der Waals surface area contributed by atoms with Crippen molar-refractivity contribution in [3.63, 3.8) is 0 Å². The molecule has 2 aromatic rings. The molecule has 6 heteroatoms. The van der Waals surface area contributed by atoms with Crippen LogP contribution in [-0.2, 0) is 4.79 Å². The topological polar surface area (TPSA) is 75.0 Å². The number of thiazole rings is 1. The number of rotatable bonds is 5. The molecule has 1 aliphatic carbocycles. The third kappa shape index (κ3) is 3.38. The smallest absolute Gasteiger partial charge is 0.264 e. The minimum atomic E-state index is -0.278. The van der Waals surface area contributed by atoms with Gasteiger partial charge in [0.2, 0.25) is 0 Å². The second-order valence-corrected chi connectivity index (χ2v) is 5.65. The van der Waals surface area contributed by atoms with Gasteiger partial charge in [0.1, 0.15) is 11.8 Å². The molecule has 1 heterocycles. The molecule has 0 radical (unpaired) electrons. The van der Waals surface area contributed by atoms with E-state index in [1.165, 1.54) is 24.2 Å². The number of amides is 1. The summed E-state index contributed by atoms with van der Waals surface area (Å²) in [6, 6.07) is 8.85. The third-order valence-corrected chi connectivity index (χ3v) is 3.91. The van der Waals surface area contributed by atoms with Crippen molar-refractivity contribution >= 4 is 22.4 Å². The van der Waals surface area contributed by atoms with Crippen LogP contribution in [0.2, 0.25) is 0 Å². The molecule has 0 unspecified atom stereocenters. The zero-order chi connectivity index (χ0) is 14.7. The lowest BCUT2D eigenvalue weighted by Crippen LogP contribution is -2.20. The van der Waals surface area contributed by atoms with Crippen LogP contribution in [0.25, 0.3) is 0 Å². The molecule has 0 saturated heterocycles. The van der Waals surface area contributed by atoms with Crippen molar-refractivity contribution in [2.45, 2.75) is 18.8 Å². The number of nitrogens with one attached hydrogen (secondary N) is 1. The molecule has 106 valence electrons. The number of hydrogen-bond donors (Lipinski definition) is 1. The van der Waals surface area contributed by atoms with Crippen molar-refractivity contribution < 1.29 is 9.53 Å². The fourth-order valence-corrected chi connectivity index (χ4v) is 2.70. The second-order valence-electron chi connectivity index (χ2n) is 4.80. The quantitative estimate of drug-likeness (QED) is 0.921. The van der Waals surface area contributed by atoms with Crippen LogP contribution in [0.1, 0.15) is 30.0 Å². The molecule has 1 amide bonds. The van der Waals surface area contributed by atoms with E-state index in [0.717, 1.165) is 5.69 Å². The van der Waals surface area contributed by atoms with Crippen LogP contribution >= 0.6 is 11.3 Å². The Hall–Kier alpha value is -2.39. The summed E-state index contributed by atoms with van der Waals surface area (Å²) in [5.74, 6) is 0.707.